The lowest BCUT2D eigenvalue weighted by Crippen LogP contribution is -2.16. The van der Waals surface area contributed by atoms with E-state index in [-0.39, 0.29) is 5.56 Å². The van der Waals surface area contributed by atoms with Gasteiger partial charge in [-0.25, -0.2) is 22.3 Å². The molecule has 0 saturated heterocycles. The van der Waals surface area contributed by atoms with Crippen molar-refractivity contribution in [3.8, 4) is 22.4 Å². The van der Waals surface area contributed by atoms with E-state index in [0.29, 0.717) is 21.8 Å². The molecule has 8 heteroatoms. The fourth-order valence-corrected chi connectivity index (χ4v) is 3.25. The zero-order valence-electron chi connectivity index (χ0n) is 12.6. The van der Waals surface area contributed by atoms with Crippen LogP contribution in [0.3, 0.4) is 0 Å². The number of nitrogens with zero attached hydrogens (tertiary/aromatic N) is 1. The molecule has 0 amide bonds. The van der Waals surface area contributed by atoms with Crippen LogP contribution in [0.1, 0.15) is 0 Å². The van der Waals surface area contributed by atoms with Crippen LogP contribution in [0, 0.1) is 11.6 Å². The summed E-state index contributed by atoms with van der Waals surface area (Å²) in [5, 5.41) is 5.39. The first-order valence-electron chi connectivity index (χ1n) is 7.00. The molecule has 3 rings (SSSR count). The van der Waals surface area contributed by atoms with Crippen LogP contribution in [0.25, 0.3) is 22.4 Å². The predicted octanol–water partition coefficient (Wildman–Crippen LogP) is 3.99. The topological polar surface area (TPSA) is 73.1 Å². The standard InChI is InChI=1S/C17H11ClF2N2O2S/c18-12-5-3-10(4-6-12)16-13(2-1-7-22-16)11-8-14(19)17(15(20)9-11)25(21,23)24/h1-9H,(H2,21,23,24). The van der Waals surface area contributed by atoms with E-state index in [0.717, 1.165) is 12.1 Å². The first-order chi connectivity index (χ1) is 11.8. The second kappa shape index (κ2) is 6.51. The zero-order chi connectivity index (χ0) is 18.2. The SMILES string of the molecule is NS(=O)(=O)c1c(F)cc(-c2cccnc2-c2ccc(Cl)cc2)cc1F. The van der Waals surface area contributed by atoms with Gasteiger partial charge in [-0.05, 0) is 35.9 Å². The second-order valence-corrected chi connectivity index (χ2v) is 7.16. The molecule has 0 bridgehead atoms. The van der Waals surface area contributed by atoms with Crippen LogP contribution in [0.4, 0.5) is 8.78 Å². The maximum absolute atomic E-state index is 14.1. The van der Waals surface area contributed by atoms with Crippen LogP contribution >= 0.6 is 11.6 Å². The summed E-state index contributed by atoms with van der Waals surface area (Å²) in [6.45, 7) is 0. The van der Waals surface area contributed by atoms with Crippen molar-refractivity contribution in [2.24, 2.45) is 5.14 Å². The minimum Gasteiger partial charge on any atom is -0.256 e. The van der Waals surface area contributed by atoms with E-state index in [4.69, 9.17) is 16.7 Å². The van der Waals surface area contributed by atoms with Crippen LogP contribution in [0.2, 0.25) is 5.02 Å². The third kappa shape index (κ3) is 3.53. The number of hydrogen-bond donors (Lipinski definition) is 1. The van der Waals surface area contributed by atoms with Gasteiger partial charge in [-0.3, -0.25) is 4.98 Å². The lowest BCUT2D eigenvalue weighted by molar-refractivity contribution is 0.520. The van der Waals surface area contributed by atoms with E-state index in [1.165, 1.54) is 0 Å². The van der Waals surface area contributed by atoms with E-state index in [9.17, 15) is 17.2 Å². The van der Waals surface area contributed by atoms with Crippen LogP contribution in [0.5, 0.6) is 0 Å². The molecule has 1 aromatic heterocycles. The largest absolute Gasteiger partial charge is 0.256 e. The Kier molecular flexibility index (Phi) is 4.55. The third-order valence-electron chi connectivity index (χ3n) is 3.52. The van der Waals surface area contributed by atoms with Crippen molar-refractivity contribution in [3.63, 3.8) is 0 Å². The molecule has 0 atom stereocenters. The van der Waals surface area contributed by atoms with Crippen molar-refractivity contribution in [3.05, 3.63) is 71.4 Å². The highest BCUT2D eigenvalue weighted by Crippen LogP contribution is 2.33. The molecular weight excluding hydrogens is 370 g/mol. The highest BCUT2D eigenvalue weighted by Gasteiger charge is 2.22. The fourth-order valence-electron chi connectivity index (χ4n) is 2.46. The Bertz CT molecular complexity index is 1030. The van der Waals surface area contributed by atoms with Gasteiger partial charge < -0.3 is 0 Å². The Morgan fingerprint density at radius 2 is 1.56 bits per heavy atom. The van der Waals surface area contributed by atoms with Crippen molar-refractivity contribution in [1.29, 1.82) is 0 Å². The third-order valence-corrected chi connectivity index (χ3v) is 4.73. The number of sulfonamides is 1. The number of nitrogens with two attached hydrogens (primary N) is 1. The second-order valence-electron chi connectivity index (χ2n) is 5.22. The maximum atomic E-state index is 14.1. The van der Waals surface area contributed by atoms with E-state index in [2.05, 4.69) is 4.98 Å². The van der Waals surface area contributed by atoms with Crippen molar-refractivity contribution >= 4 is 21.6 Å². The number of benzene rings is 2. The van der Waals surface area contributed by atoms with Crippen LogP contribution in [0.15, 0.2) is 59.6 Å². The molecule has 2 N–H and O–H groups in total. The van der Waals surface area contributed by atoms with Gasteiger partial charge in [0.15, 0.2) is 4.90 Å². The lowest BCUT2D eigenvalue weighted by Gasteiger charge is -2.11. The summed E-state index contributed by atoms with van der Waals surface area (Å²) in [5.41, 5.74) is 1.74. The minimum atomic E-state index is -4.51. The molecule has 0 aliphatic carbocycles. The van der Waals surface area contributed by atoms with Gasteiger partial charge in [0, 0.05) is 22.3 Å². The molecular formula is C17H11ClF2N2O2S. The van der Waals surface area contributed by atoms with Gasteiger partial charge in [0.05, 0.1) is 5.69 Å². The summed E-state index contributed by atoms with van der Waals surface area (Å²) in [5.74, 6) is -2.52. The molecule has 25 heavy (non-hydrogen) atoms. The minimum absolute atomic E-state index is 0.139. The van der Waals surface area contributed by atoms with Gasteiger partial charge in [0.25, 0.3) is 0 Å². The Morgan fingerprint density at radius 1 is 0.960 bits per heavy atom. The predicted molar refractivity (Wildman–Crippen MR) is 91.4 cm³/mol. The van der Waals surface area contributed by atoms with Gasteiger partial charge >= 0.3 is 0 Å². The summed E-state index contributed by atoms with van der Waals surface area (Å²) in [6.07, 6.45) is 1.54. The summed E-state index contributed by atoms with van der Waals surface area (Å²) in [6, 6.07) is 11.8. The molecule has 0 saturated carbocycles. The van der Waals surface area contributed by atoms with Gasteiger partial charge in [0.1, 0.15) is 11.6 Å². The highest BCUT2D eigenvalue weighted by atomic mass is 35.5. The fraction of sp³-hybridized carbons (Fsp3) is 0. The van der Waals surface area contributed by atoms with Crippen LogP contribution < -0.4 is 5.14 Å². The Balaban J connectivity index is 2.20. The van der Waals surface area contributed by atoms with Gasteiger partial charge in [-0.2, -0.15) is 0 Å². The van der Waals surface area contributed by atoms with Crippen molar-refractivity contribution < 1.29 is 17.2 Å². The molecule has 3 aromatic rings. The molecule has 4 nitrogen and oxygen atoms in total. The number of hydrogen-bond acceptors (Lipinski definition) is 3. The van der Waals surface area contributed by atoms with Gasteiger partial charge in [-0.1, -0.05) is 29.8 Å². The van der Waals surface area contributed by atoms with E-state index in [1.807, 2.05) is 0 Å². The van der Waals surface area contributed by atoms with E-state index >= 15 is 0 Å². The van der Waals surface area contributed by atoms with Crippen LogP contribution in [-0.2, 0) is 10.0 Å². The Morgan fingerprint density at radius 3 is 2.12 bits per heavy atom. The van der Waals surface area contributed by atoms with Crippen molar-refractivity contribution in [2.75, 3.05) is 0 Å². The lowest BCUT2D eigenvalue weighted by atomic mass is 9.99. The first-order valence-corrected chi connectivity index (χ1v) is 8.93. The van der Waals surface area contributed by atoms with E-state index < -0.39 is 26.6 Å². The number of rotatable bonds is 3. The summed E-state index contributed by atoms with van der Waals surface area (Å²) in [4.78, 5) is 3.10. The molecule has 1 heterocycles. The average Bonchev–Trinajstić information content (AvgIpc) is 2.53. The van der Waals surface area contributed by atoms with Gasteiger partial charge in [-0.15, -0.1) is 0 Å². The molecule has 2 aromatic carbocycles. The molecule has 0 spiro atoms. The summed E-state index contributed by atoms with van der Waals surface area (Å²) >= 11 is 5.87. The monoisotopic (exact) mass is 380 g/mol. The molecule has 0 unspecified atom stereocenters. The van der Waals surface area contributed by atoms with E-state index in [1.54, 1.807) is 42.6 Å². The van der Waals surface area contributed by atoms with Gasteiger partial charge in [0.2, 0.25) is 10.0 Å². The zero-order valence-corrected chi connectivity index (χ0v) is 14.2. The average molecular weight is 381 g/mol. The number of primary sulfonamides is 1. The Labute approximate surface area is 148 Å². The van der Waals surface area contributed by atoms with Crippen LogP contribution in [-0.4, -0.2) is 13.4 Å². The number of halogens is 3. The van der Waals surface area contributed by atoms with Crippen molar-refractivity contribution in [1.82, 2.24) is 4.98 Å². The molecule has 0 radical (unpaired) electrons. The summed E-state index contributed by atoms with van der Waals surface area (Å²) < 4.78 is 50.9. The quantitative estimate of drug-likeness (QED) is 0.746. The Hall–Kier alpha value is -2.35. The number of aromatic nitrogens is 1. The normalized spacial score (nSPS) is 11.5. The summed E-state index contributed by atoms with van der Waals surface area (Å²) in [7, 11) is -4.51. The highest BCUT2D eigenvalue weighted by molar-refractivity contribution is 7.89. The molecule has 0 fully saturated rings. The van der Waals surface area contributed by atoms with Crippen molar-refractivity contribution in [2.45, 2.75) is 4.90 Å². The molecule has 0 aliphatic rings. The molecule has 128 valence electrons. The first kappa shape index (κ1) is 17.5. The smallest absolute Gasteiger partial charge is 0.243 e. The maximum Gasteiger partial charge on any atom is 0.243 e. The number of pyridine rings is 1. The molecule has 0 aliphatic heterocycles.